The Morgan fingerprint density at radius 1 is 1.36 bits per heavy atom. The van der Waals surface area contributed by atoms with Crippen molar-refractivity contribution in [3.8, 4) is 0 Å². The number of likely N-dealkylation sites (tertiary alicyclic amines) is 1. The Hall–Kier alpha value is -2.22. The molecule has 8 nitrogen and oxygen atoms in total. The van der Waals surface area contributed by atoms with Crippen LogP contribution in [0.5, 0.6) is 0 Å². The number of aromatic nitrogens is 4. The highest BCUT2D eigenvalue weighted by atomic mass is 16.5. The second-order valence-electron chi connectivity index (χ2n) is 7.31. The van der Waals surface area contributed by atoms with E-state index in [1.165, 1.54) is 5.56 Å². The lowest BCUT2D eigenvalue weighted by molar-refractivity contribution is -0.151. The predicted molar refractivity (Wildman–Crippen MR) is 85.5 cm³/mol. The van der Waals surface area contributed by atoms with E-state index in [9.17, 15) is 4.79 Å². The van der Waals surface area contributed by atoms with Gasteiger partial charge < -0.3 is 14.2 Å². The van der Waals surface area contributed by atoms with Crippen molar-refractivity contribution in [2.45, 2.75) is 50.7 Å². The molecule has 1 N–H and O–H groups in total. The van der Waals surface area contributed by atoms with Crippen molar-refractivity contribution < 1.29 is 14.1 Å². The molecule has 1 saturated carbocycles. The van der Waals surface area contributed by atoms with Crippen molar-refractivity contribution in [1.29, 1.82) is 0 Å². The third kappa shape index (κ3) is 2.95. The van der Waals surface area contributed by atoms with Gasteiger partial charge in [-0.25, -0.2) is 0 Å². The van der Waals surface area contributed by atoms with Gasteiger partial charge in [-0.3, -0.25) is 9.89 Å². The molecule has 1 aliphatic heterocycles. The van der Waals surface area contributed by atoms with E-state index in [1.807, 2.05) is 11.1 Å². The predicted octanol–water partition coefficient (Wildman–Crippen LogP) is 1.20. The van der Waals surface area contributed by atoms with Gasteiger partial charge in [0.25, 0.3) is 5.89 Å². The Labute approximate surface area is 144 Å². The van der Waals surface area contributed by atoms with E-state index in [0.29, 0.717) is 31.5 Å². The molecule has 1 unspecified atom stereocenters. The normalized spacial score (nSPS) is 23.4. The fourth-order valence-corrected chi connectivity index (χ4v) is 3.62. The van der Waals surface area contributed by atoms with E-state index < -0.39 is 0 Å². The number of aryl methyl sites for hydroxylation is 1. The number of fused-ring (bicyclic) bond motifs is 1. The molecule has 1 atom stereocenters. The number of H-pyrrole nitrogens is 1. The van der Waals surface area contributed by atoms with E-state index >= 15 is 0 Å². The van der Waals surface area contributed by atoms with Gasteiger partial charge in [0.1, 0.15) is 6.61 Å². The fourth-order valence-electron chi connectivity index (χ4n) is 3.62. The van der Waals surface area contributed by atoms with E-state index in [0.717, 1.165) is 43.6 Å². The van der Waals surface area contributed by atoms with Gasteiger partial charge in [-0.15, -0.1) is 0 Å². The largest absolute Gasteiger partial charge is 0.365 e. The molecule has 0 radical (unpaired) electrons. The van der Waals surface area contributed by atoms with Gasteiger partial charge in [0.15, 0.2) is 5.82 Å². The zero-order valence-corrected chi connectivity index (χ0v) is 14.0. The van der Waals surface area contributed by atoms with Crippen molar-refractivity contribution in [3.05, 3.63) is 29.2 Å². The van der Waals surface area contributed by atoms with Crippen LogP contribution in [0.2, 0.25) is 0 Å². The van der Waals surface area contributed by atoms with Gasteiger partial charge in [-0.05, 0) is 31.2 Å². The summed E-state index contributed by atoms with van der Waals surface area (Å²) in [5, 5.41) is 11.1. The minimum absolute atomic E-state index is 0.0611. The number of ether oxygens (including phenoxy) is 1. The molecule has 0 bridgehead atoms. The average Bonchev–Trinajstić information content (AvgIpc) is 3.15. The summed E-state index contributed by atoms with van der Waals surface area (Å²) in [6.07, 6.45) is 6.83. The number of rotatable bonds is 5. The van der Waals surface area contributed by atoms with Gasteiger partial charge in [0.2, 0.25) is 5.91 Å². The lowest BCUT2D eigenvalue weighted by Crippen LogP contribution is -2.56. The molecule has 25 heavy (non-hydrogen) atoms. The highest BCUT2D eigenvalue weighted by molar-refractivity contribution is 5.80. The maximum atomic E-state index is 12.6. The molecule has 0 aromatic carbocycles. The minimum atomic E-state index is 0.0611. The van der Waals surface area contributed by atoms with Crippen LogP contribution in [-0.2, 0) is 29.0 Å². The second kappa shape index (κ2) is 5.94. The van der Waals surface area contributed by atoms with Crippen molar-refractivity contribution in [2.75, 3.05) is 13.1 Å². The smallest absolute Gasteiger partial charge is 0.252 e. The quantitative estimate of drug-likeness (QED) is 0.876. The first-order valence-corrected chi connectivity index (χ1v) is 9.00. The average molecular weight is 343 g/mol. The Kier molecular flexibility index (Phi) is 3.58. The van der Waals surface area contributed by atoms with Crippen LogP contribution >= 0.6 is 0 Å². The topological polar surface area (TPSA) is 97.1 Å². The highest BCUT2D eigenvalue weighted by Crippen LogP contribution is 2.38. The summed E-state index contributed by atoms with van der Waals surface area (Å²) in [7, 11) is 0. The zero-order chi connectivity index (χ0) is 16.8. The van der Waals surface area contributed by atoms with Crippen LogP contribution < -0.4 is 0 Å². The third-order valence-electron chi connectivity index (χ3n) is 5.40. The van der Waals surface area contributed by atoms with E-state index in [1.54, 1.807) is 0 Å². The molecular weight excluding hydrogens is 322 g/mol. The number of hydrogen-bond donors (Lipinski definition) is 1. The molecule has 8 heteroatoms. The number of hydrogen-bond acceptors (Lipinski definition) is 6. The molecule has 1 amide bonds. The van der Waals surface area contributed by atoms with Crippen LogP contribution in [0.15, 0.2) is 10.7 Å². The number of nitrogens with zero attached hydrogens (tertiary/aromatic N) is 4. The molecule has 3 aliphatic rings. The summed E-state index contributed by atoms with van der Waals surface area (Å²) in [6, 6.07) is 0. The van der Waals surface area contributed by atoms with Gasteiger partial charge in [0.05, 0.1) is 12.3 Å². The van der Waals surface area contributed by atoms with Crippen LogP contribution in [0, 0.1) is 5.92 Å². The number of aromatic amines is 1. The summed E-state index contributed by atoms with van der Waals surface area (Å²) >= 11 is 0. The van der Waals surface area contributed by atoms with Crippen LogP contribution in [0.25, 0.3) is 0 Å². The van der Waals surface area contributed by atoms with Crippen LogP contribution in [0.4, 0.5) is 0 Å². The minimum Gasteiger partial charge on any atom is -0.365 e. The van der Waals surface area contributed by atoms with Gasteiger partial charge >= 0.3 is 0 Å². The number of carbonyl (C=O) groups excluding carboxylic acids is 1. The molecular formula is C17H21N5O3. The summed E-state index contributed by atoms with van der Waals surface area (Å²) < 4.78 is 11.0. The molecule has 132 valence electrons. The van der Waals surface area contributed by atoms with E-state index in [4.69, 9.17) is 9.26 Å². The molecule has 5 rings (SSSR count). The fraction of sp³-hybridized carbons (Fsp3) is 0.647. The first-order chi connectivity index (χ1) is 12.3. The van der Waals surface area contributed by atoms with Gasteiger partial charge in [-0.2, -0.15) is 10.1 Å². The highest BCUT2D eigenvalue weighted by Gasteiger charge is 2.37. The number of carbonyl (C=O) groups is 1. The SMILES string of the molecule is O=C(C1CCc2cn[nH]c2C1)N1CC(OCc2nc(C3CC3)no2)C1. The Morgan fingerprint density at radius 3 is 3.08 bits per heavy atom. The maximum absolute atomic E-state index is 12.6. The van der Waals surface area contributed by atoms with E-state index in [2.05, 4.69) is 20.3 Å². The maximum Gasteiger partial charge on any atom is 0.252 e. The van der Waals surface area contributed by atoms with Crippen molar-refractivity contribution in [3.63, 3.8) is 0 Å². The van der Waals surface area contributed by atoms with Crippen molar-refractivity contribution >= 4 is 5.91 Å². The molecule has 2 fully saturated rings. The van der Waals surface area contributed by atoms with Gasteiger partial charge in [0, 0.05) is 37.0 Å². The molecule has 2 aromatic heterocycles. The Morgan fingerprint density at radius 2 is 2.24 bits per heavy atom. The molecule has 1 saturated heterocycles. The number of amides is 1. The van der Waals surface area contributed by atoms with E-state index in [-0.39, 0.29) is 17.9 Å². The second-order valence-corrected chi connectivity index (χ2v) is 7.31. The standard InChI is InChI=1S/C17H21N5O3/c23-17(11-3-4-12-6-18-20-14(12)5-11)22-7-13(8-22)24-9-15-19-16(21-25-15)10-1-2-10/h6,10-11,13H,1-5,7-9H2,(H,18,20). The lowest BCUT2D eigenvalue weighted by Gasteiger charge is -2.41. The Balaban J connectivity index is 1.08. The molecule has 2 aliphatic carbocycles. The molecule has 2 aromatic rings. The first-order valence-electron chi connectivity index (χ1n) is 9.00. The molecule has 0 spiro atoms. The summed E-state index contributed by atoms with van der Waals surface area (Å²) in [6.45, 7) is 1.62. The zero-order valence-electron chi connectivity index (χ0n) is 14.0. The monoisotopic (exact) mass is 343 g/mol. The number of nitrogens with one attached hydrogen (secondary N) is 1. The molecule has 3 heterocycles. The van der Waals surface area contributed by atoms with Crippen molar-refractivity contribution in [2.24, 2.45) is 5.92 Å². The summed E-state index contributed by atoms with van der Waals surface area (Å²) in [5.74, 6) is 2.12. The first kappa shape index (κ1) is 15.1. The summed E-state index contributed by atoms with van der Waals surface area (Å²) in [4.78, 5) is 18.9. The van der Waals surface area contributed by atoms with Gasteiger partial charge in [-0.1, -0.05) is 5.16 Å². The summed E-state index contributed by atoms with van der Waals surface area (Å²) in [5.41, 5.74) is 2.36. The lowest BCUT2D eigenvalue weighted by atomic mass is 9.86. The Bertz CT molecular complexity index is 775. The third-order valence-corrected chi connectivity index (χ3v) is 5.40. The van der Waals surface area contributed by atoms with Crippen LogP contribution in [0.3, 0.4) is 0 Å². The van der Waals surface area contributed by atoms with Crippen molar-refractivity contribution in [1.82, 2.24) is 25.2 Å². The van der Waals surface area contributed by atoms with Crippen LogP contribution in [-0.4, -0.2) is 50.3 Å². The van der Waals surface area contributed by atoms with Crippen LogP contribution in [0.1, 0.15) is 48.2 Å².